The maximum absolute atomic E-state index is 13.5. The summed E-state index contributed by atoms with van der Waals surface area (Å²) in [6.45, 7) is 13.8. The first-order valence-electron chi connectivity index (χ1n) is 13.3. The van der Waals surface area contributed by atoms with E-state index in [0.29, 0.717) is 25.9 Å². The average Bonchev–Trinajstić information content (AvgIpc) is 3.21. The summed E-state index contributed by atoms with van der Waals surface area (Å²) in [5.41, 5.74) is -1.39. The molecule has 35 heavy (non-hydrogen) atoms. The molecule has 0 spiro atoms. The van der Waals surface area contributed by atoms with E-state index in [-0.39, 0.29) is 45.9 Å². The van der Waals surface area contributed by atoms with Crippen molar-refractivity contribution in [1.82, 2.24) is 5.01 Å². The SMILES string of the molecule is C=C[C@]1(C)C[C@@H](OC(=O)CSC2CCCN(N=O)C2)[C@]2(C)C(C)CCC3(CCC(=O)C32)[C@@H](C)C1O. The van der Waals surface area contributed by atoms with Gasteiger partial charge in [-0.1, -0.05) is 33.8 Å². The van der Waals surface area contributed by atoms with Gasteiger partial charge in [0, 0.05) is 35.0 Å². The minimum absolute atomic E-state index is 0.0401. The second kappa shape index (κ2) is 9.81. The zero-order valence-electron chi connectivity index (χ0n) is 21.7. The van der Waals surface area contributed by atoms with Gasteiger partial charge in [0.2, 0.25) is 0 Å². The van der Waals surface area contributed by atoms with Crippen LogP contribution in [0.15, 0.2) is 17.9 Å². The summed E-state index contributed by atoms with van der Waals surface area (Å²) in [7, 11) is 0. The van der Waals surface area contributed by atoms with Crippen molar-refractivity contribution in [2.24, 2.45) is 39.3 Å². The third-order valence-corrected chi connectivity index (χ3v) is 11.7. The second-order valence-corrected chi connectivity index (χ2v) is 13.4. The molecule has 3 aliphatic carbocycles. The Morgan fingerprint density at radius 1 is 1.31 bits per heavy atom. The van der Waals surface area contributed by atoms with Gasteiger partial charge in [0.05, 0.1) is 23.7 Å². The molecule has 1 N–H and O–H groups in total. The number of carbonyl (C=O) groups excluding carboxylic acids is 2. The van der Waals surface area contributed by atoms with E-state index in [1.54, 1.807) is 0 Å². The molecule has 8 heteroatoms. The molecule has 3 saturated carbocycles. The number of rotatable bonds is 6. The molecule has 9 atom stereocenters. The molecule has 1 saturated heterocycles. The number of hydrogen-bond donors (Lipinski definition) is 1. The highest BCUT2D eigenvalue weighted by atomic mass is 32.2. The number of nitroso groups, excluding NO2 is 1. The van der Waals surface area contributed by atoms with Crippen molar-refractivity contribution >= 4 is 23.5 Å². The maximum atomic E-state index is 13.5. The molecular formula is C27H42N2O5S. The summed E-state index contributed by atoms with van der Waals surface area (Å²) in [5, 5.41) is 16.3. The molecule has 0 aromatic rings. The fourth-order valence-electron chi connectivity index (χ4n) is 8.01. The Morgan fingerprint density at radius 2 is 2.06 bits per heavy atom. The van der Waals surface area contributed by atoms with Crippen LogP contribution in [0.25, 0.3) is 0 Å². The molecular weight excluding hydrogens is 464 g/mol. The lowest BCUT2D eigenvalue weighted by atomic mass is 9.44. The monoisotopic (exact) mass is 506 g/mol. The van der Waals surface area contributed by atoms with E-state index in [9.17, 15) is 19.6 Å². The first kappa shape index (κ1) is 26.6. The van der Waals surface area contributed by atoms with Gasteiger partial charge in [-0.05, 0) is 55.8 Å². The van der Waals surface area contributed by atoms with E-state index in [4.69, 9.17) is 4.74 Å². The lowest BCUT2D eigenvalue weighted by molar-refractivity contribution is -0.205. The highest BCUT2D eigenvalue weighted by Gasteiger charge is 2.68. The van der Waals surface area contributed by atoms with Crippen LogP contribution < -0.4 is 0 Å². The van der Waals surface area contributed by atoms with E-state index in [0.717, 1.165) is 32.1 Å². The summed E-state index contributed by atoms with van der Waals surface area (Å²) >= 11 is 1.52. The van der Waals surface area contributed by atoms with Gasteiger partial charge in [0.15, 0.2) is 0 Å². The highest BCUT2D eigenvalue weighted by Crippen LogP contribution is 2.68. The molecule has 4 aliphatic rings. The normalized spacial score (nSPS) is 45.7. The zero-order valence-corrected chi connectivity index (χ0v) is 22.5. The zero-order chi connectivity index (χ0) is 25.6. The number of ketones is 1. The van der Waals surface area contributed by atoms with Gasteiger partial charge in [0.1, 0.15) is 11.9 Å². The Morgan fingerprint density at radius 3 is 2.74 bits per heavy atom. The van der Waals surface area contributed by atoms with Crippen molar-refractivity contribution in [3.8, 4) is 0 Å². The first-order chi connectivity index (χ1) is 16.5. The number of thioether (sulfide) groups is 1. The fraction of sp³-hybridized carbons (Fsp3) is 0.852. The molecule has 4 fully saturated rings. The lowest BCUT2D eigenvalue weighted by Gasteiger charge is -2.61. The quantitative estimate of drug-likeness (QED) is 0.315. The molecule has 2 bridgehead atoms. The van der Waals surface area contributed by atoms with Crippen LogP contribution in [0, 0.1) is 38.9 Å². The third kappa shape index (κ3) is 4.36. The number of aliphatic hydroxyl groups is 1. The molecule has 7 nitrogen and oxygen atoms in total. The smallest absolute Gasteiger partial charge is 0.316 e. The molecule has 1 heterocycles. The molecule has 0 aromatic carbocycles. The van der Waals surface area contributed by atoms with Crippen molar-refractivity contribution in [2.75, 3.05) is 18.8 Å². The minimum atomic E-state index is -0.661. The summed E-state index contributed by atoms with van der Waals surface area (Å²) in [6, 6.07) is 0. The molecule has 196 valence electrons. The van der Waals surface area contributed by atoms with Gasteiger partial charge in [0.25, 0.3) is 0 Å². The molecule has 0 amide bonds. The van der Waals surface area contributed by atoms with Crippen LogP contribution in [-0.2, 0) is 14.3 Å². The number of carbonyl (C=O) groups is 2. The first-order valence-corrected chi connectivity index (χ1v) is 14.3. The van der Waals surface area contributed by atoms with E-state index < -0.39 is 23.0 Å². The Balaban J connectivity index is 1.61. The van der Waals surface area contributed by atoms with Crippen LogP contribution in [-0.4, -0.2) is 58.2 Å². The second-order valence-electron chi connectivity index (χ2n) is 12.1. The van der Waals surface area contributed by atoms with E-state index in [1.807, 2.05) is 13.0 Å². The molecule has 5 unspecified atom stereocenters. The number of ether oxygens (including phenoxy) is 1. The van der Waals surface area contributed by atoms with E-state index >= 15 is 0 Å². The maximum Gasteiger partial charge on any atom is 0.316 e. The van der Waals surface area contributed by atoms with Crippen molar-refractivity contribution in [3.05, 3.63) is 17.6 Å². The topological polar surface area (TPSA) is 96.3 Å². The number of nitrogens with zero attached hydrogens (tertiary/aromatic N) is 2. The predicted molar refractivity (Wildman–Crippen MR) is 137 cm³/mol. The number of piperidine rings is 1. The van der Waals surface area contributed by atoms with Gasteiger partial charge < -0.3 is 9.84 Å². The van der Waals surface area contributed by atoms with Crippen LogP contribution in [0.2, 0.25) is 0 Å². The van der Waals surface area contributed by atoms with Crippen LogP contribution in [0.5, 0.6) is 0 Å². The van der Waals surface area contributed by atoms with Crippen LogP contribution >= 0.6 is 11.8 Å². The lowest BCUT2D eigenvalue weighted by Crippen LogP contribution is -2.63. The van der Waals surface area contributed by atoms with Crippen LogP contribution in [0.3, 0.4) is 0 Å². The third-order valence-electron chi connectivity index (χ3n) is 10.5. The molecule has 1 aliphatic heterocycles. The van der Waals surface area contributed by atoms with E-state index in [1.165, 1.54) is 16.8 Å². The van der Waals surface area contributed by atoms with Crippen LogP contribution in [0.4, 0.5) is 0 Å². The Labute approximate surface area is 213 Å². The van der Waals surface area contributed by atoms with Gasteiger partial charge in [-0.15, -0.1) is 23.2 Å². The van der Waals surface area contributed by atoms with Crippen molar-refractivity contribution < 1.29 is 19.4 Å². The molecule has 4 rings (SSSR count). The average molecular weight is 507 g/mol. The van der Waals surface area contributed by atoms with Crippen molar-refractivity contribution in [1.29, 1.82) is 0 Å². The highest BCUT2D eigenvalue weighted by molar-refractivity contribution is 8.00. The van der Waals surface area contributed by atoms with Gasteiger partial charge in [-0.25, -0.2) is 0 Å². The standard InChI is InChI=1S/C27H42N2O5S/c1-6-25(4)14-21(34-22(31)16-35-19-8-7-13-29(15-19)28-33)26(5)17(2)9-11-27(18(3)24(25)32)12-10-20(30)23(26)27/h6,17-19,21,23-24,32H,1,7-16H2,2-5H3/t17?,18-,19?,21+,23?,24?,25+,26-,27?/m0/s1. The number of esters is 1. The number of aliphatic hydroxyl groups excluding tert-OH is 1. The number of Topliss-reactive ketones (excluding diaryl/α,β-unsaturated/α-hetero) is 1. The Hall–Kier alpha value is -1.41. The summed E-state index contributed by atoms with van der Waals surface area (Å²) in [6.07, 6.45) is 6.17. The van der Waals surface area contributed by atoms with Crippen molar-refractivity contribution in [2.45, 2.75) is 90.1 Å². The largest absolute Gasteiger partial charge is 0.461 e. The summed E-state index contributed by atoms with van der Waals surface area (Å²) in [4.78, 5) is 37.6. The Bertz CT molecular complexity index is 869. The van der Waals surface area contributed by atoms with Gasteiger partial charge in [-0.2, -0.15) is 0 Å². The number of hydrogen-bond acceptors (Lipinski definition) is 7. The summed E-state index contributed by atoms with van der Waals surface area (Å²) < 4.78 is 6.29. The predicted octanol–water partition coefficient (Wildman–Crippen LogP) is 4.77. The minimum Gasteiger partial charge on any atom is -0.461 e. The van der Waals surface area contributed by atoms with Gasteiger partial charge >= 0.3 is 5.97 Å². The molecule has 0 radical (unpaired) electrons. The van der Waals surface area contributed by atoms with Gasteiger partial charge in [-0.3, -0.25) is 14.6 Å². The Kier molecular flexibility index (Phi) is 7.47. The van der Waals surface area contributed by atoms with Crippen LogP contribution in [0.1, 0.15) is 72.6 Å². The van der Waals surface area contributed by atoms with Crippen molar-refractivity contribution in [3.63, 3.8) is 0 Å². The van der Waals surface area contributed by atoms with E-state index in [2.05, 4.69) is 32.6 Å². The fourth-order valence-corrected chi connectivity index (χ4v) is 9.06. The molecule has 0 aromatic heterocycles. The summed E-state index contributed by atoms with van der Waals surface area (Å²) in [5.74, 6) is 0.136.